The Bertz CT molecular complexity index is 1550. The smallest absolute Gasteiger partial charge is 0.0260 e. The van der Waals surface area contributed by atoms with Crippen molar-refractivity contribution in [2.45, 2.75) is 116 Å². The molecule has 4 atom stereocenters. The highest BCUT2D eigenvalue weighted by Crippen LogP contribution is 2.78. The van der Waals surface area contributed by atoms with Crippen molar-refractivity contribution < 1.29 is 0 Å². The molecule has 8 bridgehead atoms. The summed E-state index contributed by atoms with van der Waals surface area (Å²) in [4.78, 5) is 0. The fourth-order valence-corrected chi connectivity index (χ4v) is 13.2. The van der Waals surface area contributed by atoms with Gasteiger partial charge in [0.25, 0.3) is 0 Å². The maximum atomic E-state index is 3.41. The first-order chi connectivity index (χ1) is 21.3. The van der Waals surface area contributed by atoms with E-state index in [1.807, 2.05) is 27.7 Å². The molecule has 8 aliphatic rings. The number of hydrogen-bond acceptors (Lipinski definition) is 0. The van der Waals surface area contributed by atoms with E-state index in [1.165, 1.54) is 77.0 Å². The van der Waals surface area contributed by atoms with Crippen LogP contribution in [-0.4, -0.2) is 0 Å². The Morgan fingerprint density at radius 3 is 1.00 bits per heavy atom. The highest BCUT2D eigenvalue weighted by atomic mass is 14.7. The van der Waals surface area contributed by atoms with Crippen LogP contribution in [0.5, 0.6) is 0 Å². The summed E-state index contributed by atoms with van der Waals surface area (Å²) in [5.74, 6) is 29.8. The lowest BCUT2D eigenvalue weighted by atomic mass is 9.30. The van der Waals surface area contributed by atoms with Crippen molar-refractivity contribution in [2.75, 3.05) is 0 Å². The van der Waals surface area contributed by atoms with E-state index in [2.05, 4.69) is 83.8 Å². The maximum absolute atomic E-state index is 3.41. The molecule has 0 heterocycles. The molecule has 0 N–H and O–H groups in total. The van der Waals surface area contributed by atoms with Gasteiger partial charge in [0.1, 0.15) is 0 Å². The van der Waals surface area contributed by atoms with E-state index in [-0.39, 0.29) is 10.8 Å². The molecule has 2 aromatic rings. The molecule has 0 nitrogen and oxygen atoms in total. The molecule has 8 fully saturated rings. The lowest BCUT2D eigenvalue weighted by Gasteiger charge is -2.74. The molecule has 44 heavy (non-hydrogen) atoms. The lowest BCUT2D eigenvalue weighted by molar-refractivity contribution is -0.212. The van der Waals surface area contributed by atoms with Gasteiger partial charge in [0.05, 0.1) is 0 Å². The van der Waals surface area contributed by atoms with Crippen molar-refractivity contribution in [3.63, 3.8) is 0 Å². The summed E-state index contributed by atoms with van der Waals surface area (Å²) in [7, 11) is 0. The van der Waals surface area contributed by atoms with E-state index in [1.54, 1.807) is 11.1 Å². The third kappa shape index (κ3) is 4.25. The van der Waals surface area contributed by atoms with Crippen molar-refractivity contribution in [3.05, 3.63) is 69.8 Å². The van der Waals surface area contributed by atoms with E-state index in [4.69, 9.17) is 0 Å². The molecular weight excluding hydrogens is 528 g/mol. The summed E-state index contributed by atoms with van der Waals surface area (Å²) >= 11 is 0. The zero-order valence-electron chi connectivity index (χ0n) is 27.3. The third-order valence-corrected chi connectivity index (χ3v) is 13.4. The van der Waals surface area contributed by atoms with Gasteiger partial charge in [-0.2, -0.15) is 0 Å². The molecule has 4 unspecified atom stereocenters. The van der Waals surface area contributed by atoms with Crippen LogP contribution in [0.25, 0.3) is 0 Å². The number of hydrogen-bond donors (Lipinski definition) is 0. The van der Waals surface area contributed by atoms with Crippen molar-refractivity contribution >= 4 is 0 Å². The van der Waals surface area contributed by atoms with E-state index in [9.17, 15) is 0 Å². The average Bonchev–Trinajstić information content (AvgIpc) is 2.96. The lowest BCUT2D eigenvalue weighted by Crippen LogP contribution is -2.66. The van der Waals surface area contributed by atoms with Gasteiger partial charge in [-0.1, -0.05) is 23.7 Å². The van der Waals surface area contributed by atoms with Crippen LogP contribution in [0.2, 0.25) is 0 Å². The Morgan fingerprint density at radius 1 is 0.432 bits per heavy atom. The number of rotatable bonds is 3. The van der Waals surface area contributed by atoms with Gasteiger partial charge in [-0.25, -0.2) is 0 Å². The molecule has 10 rings (SSSR count). The molecule has 0 amide bonds. The topological polar surface area (TPSA) is 0 Å². The summed E-state index contributed by atoms with van der Waals surface area (Å²) in [6.07, 6.45) is 17.1. The van der Waals surface area contributed by atoms with Crippen LogP contribution in [0.4, 0.5) is 0 Å². The van der Waals surface area contributed by atoms with Crippen LogP contribution in [-0.2, 0) is 10.8 Å². The van der Waals surface area contributed by atoms with E-state index < -0.39 is 0 Å². The van der Waals surface area contributed by atoms with Crippen molar-refractivity contribution in [3.8, 4) is 47.4 Å². The van der Waals surface area contributed by atoms with E-state index in [0.29, 0.717) is 10.8 Å². The molecule has 0 aliphatic heterocycles. The standard InChI is InChI=1S/C44H46/c1-5-9-31-13-32(10-6-2)18-39(17-31)41-21-35-15-36(22-41)26-43(25-35,29-41)44-27-37-16-38(28-44)24-42(23-37,30-44)40-19-33(11-7-3)14-34(20-40)12-8-4/h13-14,17-20,35-38H,15-16,21-30H2,1-4H3. The predicted octanol–water partition coefficient (Wildman–Crippen LogP) is 9.55. The summed E-state index contributed by atoms with van der Waals surface area (Å²) in [6.45, 7) is 7.84. The molecule has 0 aromatic heterocycles. The van der Waals surface area contributed by atoms with Gasteiger partial charge in [0.2, 0.25) is 0 Å². The minimum atomic E-state index is 0.288. The number of benzene rings is 2. The predicted molar refractivity (Wildman–Crippen MR) is 181 cm³/mol. The van der Waals surface area contributed by atoms with E-state index in [0.717, 1.165) is 45.9 Å². The fraction of sp³-hybridized carbons (Fsp3) is 0.545. The van der Waals surface area contributed by atoms with Gasteiger partial charge < -0.3 is 0 Å². The first kappa shape index (κ1) is 28.2. The van der Waals surface area contributed by atoms with E-state index >= 15 is 0 Å². The van der Waals surface area contributed by atoms with Crippen LogP contribution in [0, 0.1) is 81.9 Å². The molecule has 0 saturated heterocycles. The summed E-state index contributed by atoms with van der Waals surface area (Å²) in [5.41, 5.74) is 9.25. The highest BCUT2D eigenvalue weighted by molar-refractivity contribution is 5.51. The van der Waals surface area contributed by atoms with Gasteiger partial charge in [-0.05, 0) is 198 Å². The van der Waals surface area contributed by atoms with Crippen LogP contribution in [0.3, 0.4) is 0 Å². The maximum Gasteiger partial charge on any atom is 0.0260 e. The first-order valence-corrected chi connectivity index (χ1v) is 17.4. The van der Waals surface area contributed by atoms with Crippen molar-refractivity contribution in [2.24, 2.45) is 34.5 Å². The summed E-state index contributed by atoms with van der Waals surface area (Å²) in [5, 5.41) is 0. The Hall–Kier alpha value is -3.32. The van der Waals surface area contributed by atoms with Crippen LogP contribution < -0.4 is 0 Å². The molecule has 222 valence electrons. The Morgan fingerprint density at radius 2 is 0.727 bits per heavy atom. The van der Waals surface area contributed by atoms with Crippen molar-refractivity contribution in [1.29, 1.82) is 0 Å². The van der Waals surface area contributed by atoms with Crippen LogP contribution in [0.1, 0.15) is 138 Å². The van der Waals surface area contributed by atoms with Crippen LogP contribution >= 0.6 is 0 Å². The SMILES string of the molecule is CC#Cc1cc(C#CC)cc(C23CC4CC(C2)CC(C25CC6CC(CC(c7cc(C#CC)cc(C#CC)c7)(C6)C2)C5)(C4)C3)c1. The second-order valence-electron chi connectivity index (χ2n) is 16.1. The second-order valence-corrected chi connectivity index (χ2v) is 16.1. The Balaban J connectivity index is 1.24. The second kappa shape index (κ2) is 10.1. The molecule has 2 aromatic carbocycles. The molecule has 0 radical (unpaired) electrons. The van der Waals surface area contributed by atoms with Gasteiger partial charge >= 0.3 is 0 Å². The molecule has 8 aliphatic carbocycles. The minimum absolute atomic E-state index is 0.288. The van der Waals surface area contributed by atoms with Crippen molar-refractivity contribution in [1.82, 2.24) is 0 Å². The molecule has 8 saturated carbocycles. The van der Waals surface area contributed by atoms with Gasteiger partial charge in [0.15, 0.2) is 0 Å². The van der Waals surface area contributed by atoms with Gasteiger partial charge in [-0.15, -0.1) is 23.7 Å². The Kier molecular flexibility index (Phi) is 6.47. The van der Waals surface area contributed by atoms with Gasteiger partial charge in [-0.3, -0.25) is 0 Å². The quantitative estimate of drug-likeness (QED) is 0.320. The molecular formula is C44H46. The first-order valence-electron chi connectivity index (χ1n) is 17.4. The zero-order valence-corrected chi connectivity index (χ0v) is 27.3. The fourth-order valence-electron chi connectivity index (χ4n) is 13.2. The summed E-state index contributed by atoms with van der Waals surface area (Å²) in [6, 6.07) is 14.3. The average molecular weight is 575 g/mol. The monoisotopic (exact) mass is 574 g/mol. The highest BCUT2D eigenvalue weighted by Gasteiger charge is 2.70. The van der Waals surface area contributed by atoms with Gasteiger partial charge in [0, 0.05) is 22.3 Å². The van der Waals surface area contributed by atoms with Crippen LogP contribution in [0.15, 0.2) is 36.4 Å². The Labute approximate surface area is 266 Å². The third-order valence-electron chi connectivity index (χ3n) is 13.4. The largest absolute Gasteiger partial charge is 0.101 e. The summed E-state index contributed by atoms with van der Waals surface area (Å²) < 4.78 is 0. The normalized spacial score (nSPS) is 38.4. The molecule has 0 heteroatoms. The zero-order chi connectivity index (χ0) is 30.2. The molecule has 0 spiro atoms. The minimum Gasteiger partial charge on any atom is -0.101 e.